The van der Waals surface area contributed by atoms with E-state index < -0.39 is 11.2 Å². The van der Waals surface area contributed by atoms with Crippen LogP contribution in [0, 0.1) is 11.8 Å². The lowest BCUT2D eigenvalue weighted by atomic mass is 9.86. The molecule has 2 nitrogen and oxygen atoms in total. The first-order valence-corrected chi connectivity index (χ1v) is 8.59. The third-order valence-corrected chi connectivity index (χ3v) is 4.58. The summed E-state index contributed by atoms with van der Waals surface area (Å²) in [5.74, 6) is 1.06. The van der Waals surface area contributed by atoms with Gasteiger partial charge in [-0.05, 0) is 64.7 Å². The van der Waals surface area contributed by atoms with E-state index >= 15 is 0 Å². The quantitative estimate of drug-likeness (QED) is 0.684. The van der Waals surface area contributed by atoms with Gasteiger partial charge in [0.2, 0.25) is 0 Å². The monoisotopic (exact) mass is 306 g/mol. The molecule has 1 aliphatic rings. The normalized spacial score (nSPS) is 40.5. The summed E-state index contributed by atoms with van der Waals surface area (Å²) in [6, 6.07) is 0. The Morgan fingerprint density at radius 3 is 2.45 bits per heavy atom. The summed E-state index contributed by atoms with van der Waals surface area (Å²) in [6.07, 6.45) is 14.4. The van der Waals surface area contributed by atoms with Crippen molar-refractivity contribution in [2.75, 3.05) is 0 Å². The fourth-order valence-corrected chi connectivity index (χ4v) is 2.79. The average molecular weight is 306 g/mol. The molecule has 0 fully saturated rings. The van der Waals surface area contributed by atoms with Crippen LogP contribution in [0.25, 0.3) is 0 Å². The minimum Gasteiger partial charge on any atom is -0.386 e. The van der Waals surface area contributed by atoms with Gasteiger partial charge < -0.3 is 10.2 Å². The minimum atomic E-state index is -0.852. The summed E-state index contributed by atoms with van der Waals surface area (Å²) in [7, 11) is 0. The molecule has 3 atom stereocenters. The van der Waals surface area contributed by atoms with Crippen LogP contribution in [-0.4, -0.2) is 21.4 Å². The smallest absolute Gasteiger partial charge is 0.0834 e. The first-order chi connectivity index (χ1) is 10.1. The second-order valence-corrected chi connectivity index (χ2v) is 7.72. The lowest BCUT2D eigenvalue weighted by Gasteiger charge is -2.23. The van der Waals surface area contributed by atoms with Crippen LogP contribution in [0.5, 0.6) is 0 Å². The van der Waals surface area contributed by atoms with Crippen molar-refractivity contribution in [1.29, 1.82) is 0 Å². The summed E-state index contributed by atoms with van der Waals surface area (Å²) in [5, 5.41) is 20.8. The maximum Gasteiger partial charge on any atom is 0.0834 e. The fourth-order valence-electron chi connectivity index (χ4n) is 2.79. The van der Waals surface area contributed by atoms with Gasteiger partial charge in [0.25, 0.3) is 0 Å². The van der Waals surface area contributed by atoms with Crippen LogP contribution < -0.4 is 0 Å². The summed E-state index contributed by atoms with van der Waals surface area (Å²) >= 11 is 0. The highest BCUT2D eigenvalue weighted by Crippen LogP contribution is 2.25. The van der Waals surface area contributed by atoms with Crippen molar-refractivity contribution >= 4 is 0 Å². The molecule has 0 bridgehead atoms. The first-order valence-electron chi connectivity index (χ1n) is 8.59. The SMILES string of the molecule is C/C1=C/CC[C@@](C)(O)/C=C/C[C@@](C)(O)/C=C/[C@@H](C(C)C)CC1. The van der Waals surface area contributed by atoms with E-state index in [1.54, 1.807) is 0 Å². The number of aliphatic hydroxyl groups is 2. The number of rotatable bonds is 1. The van der Waals surface area contributed by atoms with Crippen LogP contribution in [0.1, 0.15) is 66.7 Å². The molecular formula is C20H34O2. The van der Waals surface area contributed by atoms with Gasteiger partial charge in [-0.25, -0.2) is 0 Å². The Morgan fingerprint density at radius 1 is 1.14 bits per heavy atom. The lowest BCUT2D eigenvalue weighted by molar-refractivity contribution is 0.0985. The van der Waals surface area contributed by atoms with E-state index in [2.05, 4.69) is 32.9 Å². The standard InChI is InChI=1S/C20H34O2/c1-16(2)18-10-9-17(3)8-6-12-19(4,21)13-7-14-20(5,22)15-11-18/h7-8,11,13,15-16,18,21-22H,6,9-10,12,14H2,1-5H3/b13-7+,15-11+,17-8-/t18-,19+,20+/m0/s1. The largest absolute Gasteiger partial charge is 0.386 e. The molecule has 0 aliphatic heterocycles. The Labute approximate surface area is 136 Å². The summed E-state index contributed by atoms with van der Waals surface area (Å²) in [6.45, 7) is 10.3. The predicted octanol–water partition coefficient (Wildman–Crippen LogP) is 4.78. The van der Waals surface area contributed by atoms with E-state index in [9.17, 15) is 10.2 Å². The van der Waals surface area contributed by atoms with Crippen molar-refractivity contribution in [1.82, 2.24) is 0 Å². The summed E-state index contributed by atoms with van der Waals surface area (Å²) in [5.41, 5.74) is -0.266. The Bertz CT molecular complexity index is 425. The van der Waals surface area contributed by atoms with Crippen molar-refractivity contribution in [2.45, 2.75) is 77.9 Å². The van der Waals surface area contributed by atoms with E-state index in [0.29, 0.717) is 24.7 Å². The second-order valence-electron chi connectivity index (χ2n) is 7.72. The zero-order valence-electron chi connectivity index (χ0n) is 15.0. The van der Waals surface area contributed by atoms with E-state index in [1.165, 1.54) is 5.57 Å². The molecule has 1 aliphatic carbocycles. The van der Waals surface area contributed by atoms with Crippen molar-refractivity contribution in [3.63, 3.8) is 0 Å². The van der Waals surface area contributed by atoms with Gasteiger partial charge >= 0.3 is 0 Å². The van der Waals surface area contributed by atoms with Crippen LogP contribution in [0.2, 0.25) is 0 Å². The first kappa shape index (κ1) is 19.2. The molecule has 1 rings (SSSR count). The van der Waals surface area contributed by atoms with Gasteiger partial charge in [0.1, 0.15) is 0 Å². The van der Waals surface area contributed by atoms with Crippen molar-refractivity contribution < 1.29 is 10.2 Å². The molecule has 0 aromatic carbocycles. The molecule has 0 radical (unpaired) electrons. The Kier molecular flexibility index (Phi) is 7.08. The lowest BCUT2D eigenvalue weighted by Crippen LogP contribution is -2.23. The molecule has 2 heteroatoms. The molecule has 0 amide bonds. The van der Waals surface area contributed by atoms with Crippen LogP contribution >= 0.6 is 0 Å². The zero-order valence-corrected chi connectivity index (χ0v) is 15.0. The van der Waals surface area contributed by atoms with Crippen LogP contribution in [0.3, 0.4) is 0 Å². The van der Waals surface area contributed by atoms with Crippen LogP contribution in [-0.2, 0) is 0 Å². The Hall–Kier alpha value is -0.860. The van der Waals surface area contributed by atoms with E-state index in [4.69, 9.17) is 0 Å². The molecule has 0 heterocycles. The Balaban J connectivity index is 2.96. The van der Waals surface area contributed by atoms with Crippen molar-refractivity contribution in [2.24, 2.45) is 11.8 Å². The number of allylic oxidation sites excluding steroid dienone is 3. The van der Waals surface area contributed by atoms with E-state index in [1.807, 2.05) is 32.1 Å². The summed E-state index contributed by atoms with van der Waals surface area (Å²) < 4.78 is 0. The molecule has 0 spiro atoms. The minimum absolute atomic E-state index is 0.491. The second kappa shape index (κ2) is 8.12. The average Bonchev–Trinajstić information content (AvgIpc) is 2.36. The summed E-state index contributed by atoms with van der Waals surface area (Å²) in [4.78, 5) is 0. The molecule has 0 aromatic heterocycles. The fraction of sp³-hybridized carbons (Fsp3) is 0.700. The predicted molar refractivity (Wildman–Crippen MR) is 94.7 cm³/mol. The van der Waals surface area contributed by atoms with Gasteiger partial charge in [-0.15, -0.1) is 0 Å². The van der Waals surface area contributed by atoms with Gasteiger partial charge in [-0.1, -0.05) is 49.8 Å². The van der Waals surface area contributed by atoms with Crippen molar-refractivity contribution in [3.8, 4) is 0 Å². The molecular weight excluding hydrogens is 272 g/mol. The van der Waals surface area contributed by atoms with Gasteiger partial charge in [-0.2, -0.15) is 0 Å². The molecule has 2 N–H and O–H groups in total. The molecule has 0 saturated heterocycles. The van der Waals surface area contributed by atoms with Gasteiger partial charge in [0, 0.05) is 0 Å². The highest BCUT2D eigenvalue weighted by Gasteiger charge is 2.19. The molecule has 22 heavy (non-hydrogen) atoms. The number of hydrogen-bond donors (Lipinski definition) is 2. The maximum atomic E-state index is 10.5. The maximum absolute atomic E-state index is 10.5. The zero-order chi connectivity index (χ0) is 16.8. The number of hydrogen-bond acceptors (Lipinski definition) is 2. The van der Waals surface area contributed by atoms with Crippen molar-refractivity contribution in [3.05, 3.63) is 36.0 Å². The highest BCUT2D eigenvalue weighted by molar-refractivity contribution is 5.09. The van der Waals surface area contributed by atoms with Crippen LogP contribution in [0.15, 0.2) is 36.0 Å². The highest BCUT2D eigenvalue weighted by atomic mass is 16.3. The van der Waals surface area contributed by atoms with E-state index in [0.717, 1.165) is 19.3 Å². The Morgan fingerprint density at radius 2 is 1.82 bits per heavy atom. The molecule has 0 unspecified atom stereocenters. The molecule has 0 saturated carbocycles. The third kappa shape index (κ3) is 7.42. The third-order valence-electron chi connectivity index (χ3n) is 4.58. The van der Waals surface area contributed by atoms with Gasteiger partial charge in [0.05, 0.1) is 11.2 Å². The molecule has 0 aromatic rings. The van der Waals surface area contributed by atoms with Gasteiger partial charge in [-0.3, -0.25) is 0 Å². The van der Waals surface area contributed by atoms with E-state index in [-0.39, 0.29) is 0 Å². The van der Waals surface area contributed by atoms with Gasteiger partial charge in [0.15, 0.2) is 0 Å². The molecule has 126 valence electrons. The van der Waals surface area contributed by atoms with Crippen LogP contribution in [0.4, 0.5) is 0 Å². The topological polar surface area (TPSA) is 40.5 Å².